The summed E-state index contributed by atoms with van der Waals surface area (Å²) in [6.45, 7) is 11.6. The maximum absolute atomic E-state index is 12.9. The Bertz CT molecular complexity index is 1760. The Morgan fingerprint density at radius 3 is 2.61 bits per heavy atom. The predicted octanol–water partition coefficient (Wildman–Crippen LogP) is 5.45. The molecule has 1 aliphatic rings. The van der Waals surface area contributed by atoms with Crippen molar-refractivity contribution in [2.45, 2.75) is 63.0 Å². The van der Waals surface area contributed by atoms with Gasteiger partial charge in [-0.25, -0.2) is 23.2 Å². The second kappa shape index (κ2) is 10.6. The van der Waals surface area contributed by atoms with E-state index in [2.05, 4.69) is 21.5 Å². The summed E-state index contributed by atoms with van der Waals surface area (Å²) < 4.78 is 35.5. The molecule has 218 valence electrons. The van der Waals surface area contributed by atoms with E-state index in [9.17, 15) is 13.2 Å². The van der Waals surface area contributed by atoms with Gasteiger partial charge in [0.05, 0.1) is 40.6 Å². The molecule has 0 radical (unpaired) electrons. The van der Waals surface area contributed by atoms with Crippen LogP contribution < -0.4 is 5.32 Å². The van der Waals surface area contributed by atoms with Gasteiger partial charge in [0.2, 0.25) is 0 Å². The number of rotatable bonds is 6. The molecule has 4 aromatic heterocycles. The summed E-state index contributed by atoms with van der Waals surface area (Å²) in [5.41, 5.74) is 3.91. The summed E-state index contributed by atoms with van der Waals surface area (Å²) >= 11 is 1.18. The number of carbonyl (C=O) groups excluding carboxylic acids is 1. The van der Waals surface area contributed by atoms with Gasteiger partial charge in [0.15, 0.2) is 21.3 Å². The fraction of sp³-hybridized carbons (Fsp3) is 0.429. The third-order valence-corrected chi connectivity index (χ3v) is 10.6. The summed E-state index contributed by atoms with van der Waals surface area (Å²) in [5, 5.41) is 7.77. The number of fused-ring (bicyclic) bond motifs is 1. The number of carbonyl (C=O) groups is 1. The fourth-order valence-corrected chi connectivity index (χ4v) is 7.60. The molecule has 0 saturated heterocycles. The molecule has 5 rings (SSSR count). The number of hydrogen-bond donors (Lipinski definition) is 1. The van der Waals surface area contributed by atoms with Crippen LogP contribution in [0.3, 0.4) is 0 Å². The minimum Gasteiger partial charge on any atom is -0.444 e. The maximum Gasteiger partial charge on any atom is 0.410 e. The second-order valence-electron chi connectivity index (χ2n) is 11.4. The van der Waals surface area contributed by atoms with Crippen LogP contribution in [-0.4, -0.2) is 67.5 Å². The van der Waals surface area contributed by atoms with Crippen LogP contribution in [0.2, 0.25) is 0 Å². The number of sulfone groups is 1. The van der Waals surface area contributed by atoms with Crippen LogP contribution in [0.25, 0.3) is 22.5 Å². The number of aryl methyl sites for hydroxylation is 2. The minimum atomic E-state index is -3.43. The molecule has 0 fully saturated rings. The summed E-state index contributed by atoms with van der Waals surface area (Å²) in [4.78, 5) is 24.1. The number of amides is 1. The zero-order chi connectivity index (χ0) is 29.7. The van der Waals surface area contributed by atoms with Crippen LogP contribution in [0.4, 0.5) is 15.6 Å². The number of nitrogens with one attached hydrogen (secondary N) is 1. The number of aromatic nitrogens is 5. The molecule has 1 N–H and O–H groups in total. The van der Waals surface area contributed by atoms with Crippen LogP contribution in [0.15, 0.2) is 41.1 Å². The highest BCUT2D eigenvalue weighted by molar-refractivity contribution is 7.94. The van der Waals surface area contributed by atoms with Gasteiger partial charge in [0.1, 0.15) is 9.81 Å². The van der Waals surface area contributed by atoms with Crippen molar-refractivity contribution in [2.75, 3.05) is 18.4 Å². The highest BCUT2D eigenvalue weighted by Crippen LogP contribution is 2.36. The van der Waals surface area contributed by atoms with Crippen molar-refractivity contribution in [1.82, 2.24) is 29.0 Å². The van der Waals surface area contributed by atoms with Crippen LogP contribution in [0.1, 0.15) is 52.3 Å². The fourth-order valence-electron chi connectivity index (χ4n) is 4.55. The lowest BCUT2D eigenvalue weighted by Gasteiger charge is -2.30. The molecule has 4 aromatic rings. The number of thiophene rings is 1. The van der Waals surface area contributed by atoms with Crippen molar-refractivity contribution in [3.63, 3.8) is 0 Å². The Morgan fingerprint density at radius 1 is 1.20 bits per heavy atom. The predicted molar refractivity (Wildman–Crippen MR) is 160 cm³/mol. The molecule has 1 amide bonds. The quantitative estimate of drug-likeness (QED) is 0.311. The average molecular weight is 598 g/mol. The maximum atomic E-state index is 12.9. The van der Waals surface area contributed by atoms with Gasteiger partial charge in [-0.2, -0.15) is 5.10 Å². The number of hydrogen-bond acceptors (Lipinski definition) is 9. The van der Waals surface area contributed by atoms with Crippen molar-refractivity contribution in [3.8, 4) is 11.3 Å². The summed E-state index contributed by atoms with van der Waals surface area (Å²) in [6.07, 6.45) is 9.74. The van der Waals surface area contributed by atoms with E-state index in [1.807, 2.05) is 50.7 Å². The Balaban J connectivity index is 1.57. The highest BCUT2D eigenvalue weighted by Gasteiger charge is 2.27. The van der Waals surface area contributed by atoms with E-state index in [1.54, 1.807) is 42.7 Å². The van der Waals surface area contributed by atoms with Crippen molar-refractivity contribution < 1.29 is 17.9 Å². The molecule has 0 aromatic carbocycles. The lowest BCUT2D eigenvalue weighted by Crippen LogP contribution is -2.39. The van der Waals surface area contributed by atoms with Crippen molar-refractivity contribution >= 4 is 49.3 Å². The van der Waals surface area contributed by atoms with E-state index >= 15 is 0 Å². The summed E-state index contributed by atoms with van der Waals surface area (Å²) in [7, 11) is -1.58. The molecule has 0 aliphatic carbocycles. The van der Waals surface area contributed by atoms with Crippen molar-refractivity contribution in [1.29, 1.82) is 0 Å². The van der Waals surface area contributed by atoms with Gasteiger partial charge in [-0.05, 0) is 65.2 Å². The number of anilines is 2. The van der Waals surface area contributed by atoms with Crippen LogP contribution in [0.5, 0.6) is 0 Å². The van der Waals surface area contributed by atoms with E-state index in [-0.39, 0.29) is 6.09 Å². The van der Waals surface area contributed by atoms with E-state index in [4.69, 9.17) is 9.72 Å². The van der Waals surface area contributed by atoms with Gasteiger partial charge >= 0.3 is 6.09 Å². The molecule has 0 bridgehead atoms. The average Bonchev–Trinajstić information content (AvgIpc) is 3.61. The normalized spacial score (nSPS) is 14.5. The molecule has 0 atom stereocenters. The molecular formula is C28H35N7O4S2. The molecule has 41 heavy (non-hydrogen) atoms. The lowest BCUT2D eigenvalue weighted by atomic mass is 10.1. The van der Waals surface area contributed by atoms with Crippen LogP contribution in [-0.2, 0) is 21.6 Å². The highest BCUT2D eigenvalue weighted by atomic mass is 32.2. The minimum absolute atomic E-state index is 0.338. The van der Waals surface area contributed by atoms with E-state index in [0.717, 1.165) is 16.8 Å². The standard InChI is InChI=1S/C28H35N7O4S2/c1-17(2)41(37,38)26-18(3)11-23(40-26)32-24-25-29-13-22(20-12-30-33(7)14-20)35(25)16-21(31-24)19-9-8-10-34(15-19)27(36)39-28(4,5)6/h9,11-14,16-17H,8,10,15H2,1-7H3,(H,31,32). The Labute approximate surface area is 243 Å². The molecular weight excluding hydrogens is 562 g/mol. The zero-order valence-electron chi connectivity index (χ0n) is 24.3. The van der Waals surface area contributed by atoms with Gasteiger partial charge in [-0.3, -0.25) is 9.08 Å². The third kappa shape index (κ3) is 5.87. The largest absolute Gasteiger partial charge is 0.444 e. The van der Waals surface area contributed by atoms with Gasteiger partial charge in [0.25, 0.3) is 0 Å². The Morgan fingerprint density at radius 2 is 1.95 bits per heavy atom. The van der Waals surface area contributed by atoms with Gasteiger partial charge in [0, 0.05) is 31.5 Å². The first kappa shape index (κ1) is 28.8. The van der Waals surface area contributed by atoms with Gasteiger partial charge < -0.3 is 15.0 Å². The zero-order valence-corrected chi connectivity index (χ0v) is 25.9. The van der Waals surface area contributed by atoms with E-state index in [1.165, 1.54) is 11.3 Å². The molecule has 1 aliphatic heterocycles. The van der Waals surface area contributed by atoms with Crippen LogP contribution in [0, 0.1) is 6.92 Å². The summed E-state index contributed by atoms with van der Waals surface area (Å²) in [5.74, 6) is 0.475. The molecule has 5 heterocycles. The molecule has 0 spiro atoms. The number of nitrogens with zero attached hydrogens (tertiary/aromatic N) is 6. The Kier molecular flexibility index (Phi) is 7.45. The van der Waals surface area contributed by atoms with Crippen molar-refractivity contribution in [3.05, 3.63) is 48.2 Å². The van der Waals surface area contributed by atoms with E-state index in [0.29, 0.717) is 51.4 Å². The number of imidazole rings is 1. The van der Waals surface area contributed by atoms with E-state index < -0.39 is 20.7 Å². The molecule has 0 unspecified atom stereocenters. The first-order valence-corrected chi connectivity index (χ1v) is 15.7. The molecule has 11 nitrogen and oxygen atoms in total. The van der Waals surface area contributed by atoms with Gasteiger partial charge in [-0.1, -0.05) is 6.08 Å². The van der Waals surface area contributed by atoms with Gasteiger partial charge in [-0.15, -0.1) is 11.3 Å². The second-order valence-corrected chi connectivity index (χ2v) is 15.2. The first-order valence-electron chi connectivity index (χ1n) is 13.4. The number of ether oxygens (including phenoxy) is 1. The Hall–Kier alpha value is -3.71. The first-order chi connectivity index (χ1) is 19.2. The summed E-state index contributed by atoms with van der Waals surface area (Å²) in [6, 6.07) is 1.82. The lowest BCUT2D eigenvalue weighted by molar-refractivity contribution is 0.0273. The topological polar surface area (TPSA) is 124 Å². The smallest absolute Gasteiger partial charge is 0.410 e. The third-order valence-electron chi connectivity index (χ3n) is 6.62. The van der Waals surface area contributed by atoms with Crippen molar-refractivity contribution in [2.24, 2.45) is 7.05 Å². The monoisotopic (exact) mass is 597 g/mol. The van der Waals surface area contributed by atoms with Crippen LogP contribution >= 0.6 is 11.3 Å². The molecule has 0 saturated carbocycles. The SMILES string of the molecule is Cc1cc(Nc2nc(C3=CCCN(C(=O)OC(C)(C)C)C3)cn3c(-c4cnn(C)c4)cnc23)sc1S(=O)(=O)C(C)C. The molecule has 13 heteroatoms.